The van der Waals surface area contributed by atoms with E-state index in [1.807, 2.05) is 52.0 Å². The number of hydrogen-bond donors (Lipinski definition) is 1. The van der Waals surface area contributed by atoms with Crippen molar-refractivity contribution in [3.05, 3.63) is 58.6 Å². The van der Waals surface area contributed by atoms with Crippen LogP contribution in [0.25, 0.3) is 0 Å². The highest BCUT2D eigenvalue weighted by Gasteiger charge is 2.32. The molecule has 0 aliphatic heterocycles. The van der Waals surface area contributed by atoms with Crippen LogP contribution in [0.3, 0.4) is 0 Å². The lowest BCUT2D eigenvalue weighted by molar-refractivity contribution is -0.140. The van der Waals surface area contributed by atoms with Crippen LogP contribution in [-0.2, 0) is 26.2 Å². The molecule has 0 aliphatic rings. The second-order valence-electron chi connectivity index (χ2n) is 9.10. The van der Waals surface area contributed by atoms with Crippen LogP contribution < -0.4 is 14.4 Å². The van der Waals surface area contributed by atoms with Gasteiger partial charge in [0.2, 0.25) is 21.8 Å². The van der Waals surface area contributed by atoms with Crippen LogP contribution in [0, 0.1) is 12.8 Å². The molecular formula is C26H36ClN3O5S. The molecule has 2 aromatic rings. The molecule has 0 spiro atoms. The Morgan fingerprint density at radius 3 is 2.36 bits per heavy atom. The number of benzene rings is 2. The summed E-state index contributed by atoms with van der Waals surface area (Å²) in [5.41, 5.74) is 1.98. The number of hydrogen-bond acceptors (Lipinski definition) is 5. The largest absolute Gasteiger partial charge is 0.495 e. The molecule has 0 saturated carbocycles. The monoisotopic (exact) mass is 537 g/mol. The molecule has 10 heteroatoms. The van der Waals surface area contributed by atoms with Gasteiger partial charge in [-0.05, 0) is 48.6 Å². The zero-order valence-corrected chi connectivity index (χ0v) is 23.3. The zero-order chi connectivity index (χ0) is 27.0. The van der Waals surface area contributed by atoms with E-state index in [1.54, 1.807) is 12.1 Å². The van der Waals surface area contributed by atoms with Crippen molar-refractivity contribution in [3.8, 4) is 5.75 Å². The zero-order valence-electron chi connectivity index (χ0n) is 21.7. The van der Waals surface area contributed by atoms with Crippen LogP contribution in [0.5, 0.6) is 5.75 Å². The number of nitrogens with one attached hydrogen (secondary N) is 1. The normalized spacial score (nSPS) is 12.2. The number of rotatable bonds is 12. The molecule has 2 rings (SSSR count). The van der Waals surface area contributed by atoms with Crippen molar-refractivity contribution >= 4 is 39.1 Å². The van der Waals surface area contributed by atoms with Gasteiger partial charge in [0.1, 0.15) is 18.3 Å². The van der Waals surface area contributed by atoms with Crippen molar-refractivity contribution in [2.24, 2.45) is 5.92 Å². The van der Waals surface area contributed by atoms with Gasteiger partial charge in [0.25, 0.3) is 0 Å². The number of aryl methyl sites for hydroxylation is 1. The Balaban J connectivity index is 2.51. The van der Waals surface area contributed by atoms with Gasteiger partial charge in [0.15, 0.2) is 0 Å². The van der Waals surface area contributed by atoms with Crippen LogP contribution in [-0.4, -0.2) is 57.6 Å². The fourth-order valence-electron chi connectivity index (χ4n) is 3.77. The van der Waals surface area contributed by atoms with Crippen molar-refractivity contribution in [1.29, 1.82) is 0 Å². The number of ether oxygens (including phenoxy) is 1. The van der Waals surface area contributed by atoms with Crippen LogP contribution in [0.2, 0.25) is 5.02 Å². The highest BCUT2D eigenvalue weighted by atomic mass is 35.5. The molecule has 2 amide bonds. The Kier molecular flexibility index (Phi) is 10.6. The molecule has 36 heavy (non-hydrogen) atoms. The van der Waals surface area contributed by atoms with Crippen LogP contribution >= 0.6 is 11.6 Å². The molecule has 0 bridgehead atoms. The standard InChI is InChI=1S/C26H36ClN3O5S/c1-7-22(26(32)28-15-18(2)3)29(16-20-11-9-8-10-19(20)4)25(31)17-30(36(6,33)34)23-14-21(27)12-13-24(23)35-5/h8-14,18,22H,7,15-17H2,1-6H3,(H,28,32). The highest BCUT2D eigenvalue weighted by molar-refractivity contribution is 7.92. The predicted octanol–water partition coefficient (Wildman–Crippen LogP) is 4.00. The number of methoxy groups -OCH3 is 1. The molecule has 1 atom stereocenters. The summed E-state index contributed by atoms with van der Waals surface area (Å²) < 4.78 is 31.9. The number of carbonyl (C=O) groups is 2. The Morgan fingerprint density at radius 2 is 1.81 bits per heavy atom. The van der Waals surface area contributed by atoms with E-state index < -0.39 is 28.5 Å². The molecule has 1 N–H and O–H groups in total. The van der Waals surface area contributed by atoms with E-state index in [-0.39, 0.29) is 29.8 Å². The van der Waals surface area contributed by atoms with Gasteiger partial charge in [0.05, 0.1) is 19.1 Å². The number of nitrogens with zero attached hydrogens (tertiary/aromatic N) is 2. The smallest absolute Gasteiger partial charge is 0.244 e. The summed E-state index contributed by atoms with van der Waals surface area (Å²) in [7, 11) is -2.50. The molecule has 2 aromatic carbocycles. The number of sulfonamides is 1. The van der Waals surface area contributed by atoms with Gasteiger partial charge in [-0.15, -0.1) is 0 Å². The minimum atomic E-state index is -3.90. The molecule has 8 nitrogen and oxygen atoms in total. The average Bonchev–Trinajstić information content (AvgIpc) is 2.81. The first kappa shape index (κ1) is 29.5. The first-order valence-electron chi connectivity index (χ1n) is 11.8. The fourth-order valence-corrected chi connectivity index (χ4v) is 4.78. The third-order valence-electron chi connectivity index (χ3n) is 5.76. The fraction of sp³-hybridized carbons (Fsp3) is 0.462. The van der Waals surface area contributed by atoms with Gasteiger partial charge >= 0.3 is 0 Å². The Bertz CT molecular complexity index is 1170. The van der Waals surface area contributed by atoms with Gasteiger partial charge in [-0.1, -0.05) is 56.6 Å². The number of amides is 2. The number of halogens is 1. The topological polar surface area (TPSA) is 96.0 Å². The van der Waals surface area contributed by atoms with Crippen molar-refractivity contribution in [1.82, 2.24) is 10.2 Å². The second kappa shape index (κ2) is 13.0. The molecule has 1 unspecified atom stereocenters. The summed E-state index contributed by atoms with van der Waals surface area (Å²) in [6, 6.07) is 11.4. The Morgan fingerprint density at radius 1 is 1.14 bits per heavy atom. The first-order valence-corrected chi connectivity index (χ1v) is 14.0. The Hall–Kier alpha value is -2.78. The maximum atomic E-state index is 13.8. The van der Waals surface area contributed by atoms with E-state index in [4.69, 9.17) is 16.3 Å². The molecule has 0 fully saturated rings. The highest BCUT2D eigenvalue weighted by Crippen LogP contribution is 2.33. The van der Waals surface area contributed by atoms with Crippen molar-refractivity contribution in [2.75, 3.05) is 30.8 Å². The summed E-state index contributed by atoms with van der Waals surface area (Å²) in [6.45, 7) is 7.83. The molecule has 0 saturated heterocycles. The maximum absolute atomic E-state index is 13.8. The molecule has 0 heterocycles. The van der Waals surface area contributed by atoms with E-state index in [0.29, 0.717) is 18.0 Å². The lowest BCUT2D eigenvalue weighted by atomic mass is 10.1. The lowest BCUT2D eigenvalue weighted by Gasteiger charge is -2.33. The summed E-state index contributed by atoms with van der Waals surface area (Å²) in [5, 5.41) is 3.20. The maximum Gasteiger partial charge on any atom is 0.244 e. The Labute approximate surface area is 219 Å². The number of anilines is 1. The summed E-state index contributed by atoms with van der Waals surface area (Å²) in [4.78, 5) is 28.4. The SMILES string of the molecule is CCC(C(=O)NCC(C)C)N(Cc1ccccc1C)C(=O)CN(c1cc(Cl)ccc1OC)S(C)(=O)=O. The average molecular weight is 538 g/mol. The molecule has 198 valence electrons. The van der Waals surface area contributed by atoms with Gasteiger partial charge in [-0.2, -0.15) is 0 Å². The van der Waals surface area contributed by atoms with Gasteiger partial charge in [-0.25, -0.2) is 8.42 Å². The van der Waals surface area contributed by atoms with Crippen LogP contribution in [0.1, 0.15) is 38.3 Å². The van der Waals surface area contributed by atoms with Crippen molar-refractivity contribution < 1.29 is 22.7 Å². The van der Waals surface area contributed by atoms with Gasteiger partial charge in [0, 0.05) is 18.1 Å². The van der Waals surface area contributed by atoms with E-state index >= 15 is 0 Å². The summed E-state index contributed by atoms with van der Waals surface area (Å²) in [5.74, 6) is -0.301. The van der Waals surface area contributed by atoms with Crippen molar-refractivity contribution in [2.45, 2.75) is 46.7 Å². The van der Waals surface area contributed by atoms with E-state index in [9.17, 15) is 18.0 Å². The molecule has 0 aliphatic carbocycles. The van der Waals surface area contributed by atoms with Gasteiger partial charge < -0.3 is 15.0 Å². The first-order chi connectivity index (χ1) is 16.9. The third kappa shape index (κ3) is 7.86. The second-order valence-corrected chi connectivity index (χ2v) is 11.4. The lowest BCUT2D eigenvalue weighted by Crippen LogP contribution is -2.52. The molecular weight excluding hydrogens is 502 g/mol. The predicted molar refractivity (Wildman–Crippen MR) is 144 cm³/mol. The molecule has 0 radical (unpaired) electrons. The quantitative estimate of drug-likeness (QED) is 0.441. The minimum absolute atomic E-state index is 0.147. The van der Waals surface area contributed by atoms with Crippen LogP contribution in [0.4, 0.5) is 5.69 Å². The summed E-state index contributed by atoms with van der Waals surface area (Å²) >= 11 is 6.14. The van der Waals surface area contributed by atoms with E-state index in [2.05, 4.69) is 5.32 Å². The van der Waals surface area contributed by atoms with Gasteiger partial charge in [-0.3, -0.25) is 13.9 Å². The van der Waals surface area contributed by atoms with E-state index in [1.165, 1.54) is 18.1 Å². The van der Waals surface area contributed by atoms with Crippen LogP contribution in [0.15, 0.2) is 42.5 Å². The van der Waals surface area contributed by atoms with E-state index in [0.717, 1.165) is 21.7 Å². The number of carbonyl (C=O) groups excluding carboxylic acids is 2. The summed E-state index contributed by atoms with van der Waals surface area (Å²) in [6.07, 6.45) is 1.37. The van der Waals surface area contributed by atoms with Crippen molar-refractivity contribution in [3.63, 3.8) is 0 Å². The molecule has 0 aromatic heterocycles. The minimum Gasteiger partial charge on any atom is -0.495 e. The third-order valence-corrected chi connectivity index (χ3v) is 7.12.